The van der Waals surface area contributed by atoms with E-state index in [9.17, 15) is 9.90 Å². The fourth-order valence-corrected chi connectivity index (χ4v) is 1.33. The van der Waals surface area contributed by atoms with E-state index in [1.165, 1.54) is 0 Å². The number of nitrogens with one attached hydrogen (secondary N) is 1. The van der Waals surface area contributed by atoms with Gasteiger partial charge in [0.15, 0.2) is 0 Å². The van der Waals surface area contributed by atoms with Crippen LogP contribution in [0.25, 0.3) is 0 Å². The van der Waals surface area contributed by atoms with Gasteiger partial charge in [0.05, 0.1) is 13.2 Å². The first-order chi connectivity index (χ1) is 7.63. The molecule has 1 unspecified atom stereocenters. The molecule has 0 aromatic heterocycles. The molecule has 0 aliphatic carbocycles. The summed E-state index contributed by atoms with van der Waals surface area (Å²) < 4.78 is 5.03. The molecule has 0 radical (unpaired) electrons. The molecule has 0 aliphatic heterocycles. The highest BCUT2D eigenvalue weighted by Crippen LogP contribution is 2.20. The molecular weight excluding hydrogens is 210 g/mol. The van der Waals surface area contributed by atoms with E-state index < -0.39 is 12.2 Å². The first kappa shape index (κ1) is 12.3. The number of hydrogen-bond acceptors (Lipinski definition) is 3. The van der Waals surface area contributed by atoms with Crippen LogP contribution in [0.5, 0.6) is 5.75 Å². The third kappa shape index (κ3) is 3.78. The van der Waals surface area contributed by atoms with Gasteiger partial charge in [-0.15, -0.1) is 0 Å². The van der Waals surface area contributed by atoms with Crippen molar-refractivity contribution in [2.45, 2.75) is 12.5 Å². The van der Waals surface area contributed by atoms with Crippen molar-refractivity contribution < 1.29 is 19.7 Å². The van der Waals surface area contributed by atoms with Crippen molar-refractivity contribution in [1.29, 1.82) is 0 Å². The highest BCUT2D eigenvalue weighted by atomic mass is 16.5. The van der Waals surface area contributed by atoms with E-state index in [1.807, 2.05) is 0 Å². The topological polar surface area (TPSA) is 78.8 Å². The normalized spacial score (nSPS) is 11.9. The molecule has 0 bridgehead atoms. The van der Waals surface area contributed by atoms with E-state index in [-0.39, 0.29) is 6.54 Å². The second-order valence-electron chi connectivity index (χ2n) is 3.31. The predicted molar refractivity (Wildman–Crippen MR) is 58.6 cm³/mol. The highest BCUT2D eigenvalue weighted by Gasteiger charge is 2.08. The Morgan fingerprint density at radius 1 is 1.56 bits per heavy atom. The lowest BCUT2D eigenvalue weighted by Crippen LogP contribution is -2.23. The zero-order valence-corrected chi connectivity index (χ0v) is 9.01. The van der Waals surface area contributed by atoms with Crippen molar-refractivity contribution in [3.63, 3.8) is 0 Å². The maximum Gasteiger partial charge on any atom is 0.404 e. The van der Waals surface area contributed by atoms with Crippen molar-refractivity contribution in [1.82, 2.24) is 5.32 Å². The lowest BCUT2D eigenvalue weighted by Gasteiger charge is -2.11. The maximum absolute atomic E-state index is 10.2. The molecule has 3 N–H and O–H groups in total. The van der Waals surface area contributed by atoms with E-state index in [0.29, 0.717) is 17.7 Å². The van der Waals surface area contributed by atoms with Crippen LogP contribution >= 0.6 is 0 Å². The van der Waals surface area contributed by atoms with Gasteiger partial charge in [-0.1, -0.05) is 12.1 Å². The third-order valence-corrected chi connectivity index (χ3v) is 2.17. The van der Waals surface area contributed by atoms with Gasteiger partial charge in [0.2, 0.25) is 0 Å². The molecule has 0 aliphatic rings. The second kappa shape index (κ2) is 5.97. The zero-order valence-electron chi connectivity index (χ0n) is 9.01. The first-order valence-corrected chi connectivity index (χ1v) is 4.92. The van der Waals surface area contributed by atoms with Crippen LogP contribution in [0.4, 0.5) is 4.79 Å². The van der Waals surface area contributed by atoms with Crippen LogP contribution in [0.3, 0.4) is 0 Å². The van der Waals surface area contributed by atoms with Gasteiger partial charge in [-0.3, -0.25) is 0 Å². The maximum atomic E-state index is 10.2. The van der Waals surface area contributed by atoms with Crippen molar-refractivity contribution >= 4 is 6.09 Å². The molecule has 0 heterocycles. The lowest BCUT2D eigenvalue weighted by molar-refractivity contribution is 0.162. The summed E-state index contributed by atoms with van der Waals surface area (Å²) in [6.45, 7) is 0.216. The molecule has 5 heteroatoms. The molecule has 0 saturated carbocycles. The number of amides is 1. The number of methoxy groups -OCH3 is 1. The molecule has 1 aromatic carbocycles. The standard InChI is InChI=1S/C11H15NO4/c1-16-9-4-2-3-8(7-9)10(13)5-6-12-11(14)15/h2-4,7,10,12-13H,5-6H2,1H3,(H,14,15). The summed E-state index contributed by atoms with van der Waals surface area (Å²) in [6, 6.07) is 7.06. The van der Waals surface area contributed by atoms with E-state index in [4.69, 9.17) is 9.84 Å². The van der Waals surface area contributed by atoms with Crippen LogP contribution in [-0.2, 0) is 0 Å². The molecule has 5 nitrogen and oxygen atoms in total. The number of aliphatic hydroxyl groups excluding tert-OH is 1. The van der Waals surface area contributed by atoms with Gasteiger partial charge >= 0.3 is 6.09 Å². The Balaban J connectivity index is 2.51. The Morgan fingerprint density at radius 2 is 2.31 bits per heavy atom. The minimum atomic E-state index is -1.09. The fourth-order valence-electron chi connectivity index (χ4n) is 1.33. The van der Waals surface area contributed by atoms with Gasteiger partial charge in [0.1, 0.15) is 5.75 Å². The predicted octanol–water partition coefficient (Wildman–Crippen LogP) is 1.39. The Bertz CT molecular complexity index is 354. The van der Waals surface area contributed by atoms with Crippen molar-refractivity contribution in [2.75, 3.05) is 13.7 Å². The summed E-state index contributed by atoms with van der Waals surface area (Å²) in [7, 11) is 1.55. The van der Waals surface area contributed by atoms with E-state index in [1.54, 1.807) is 31.4 Å². The smallest absolute Gasteiger partial charge is 0.404 e. The van der Waals surface area contributed by atoms with Crippen LogP contribution in [0.15, 0.2) is 24.3 Å². The number of benzene rings is 1. The average Bonchev–Trinajstić information content (AvgIpc) is 2.28. The van der Waals surface area contributed by atoms with Gasteiger partial charge in [0, 0.05) is 6.54 Å². The van der Waals surface area contributed by atoms with Gasteiger partial charge in [-0.05, 0) is 24.1 Å². The Hall–Kier alpha value is -1.75. The summed E-state index contributed by atoms with van der Waals surface area (Å²) in [5, 5.41) is 20.3. The molecule has 16 heavy (non-hydrogen) atoms. The van der Waals surface area contributed by atoms with Gasteiger partial charge in [0.25, 0.3) is 0 Å². The summed E-state index contributed by atoms with van der Waals surface area (Å²) in [4.78, 5) is 10.2. The number of hydrogen-bond donors (Lipinski definition) is 3. The fraction of sp³-hybridized carbons (Fsp3) is 0.364. The number of ether oxygens (including phenoxy) is 1. The van der Waals surface area contributed by atoms with E-state index >= 15 is 0 Å². The Morgan fingerprint density at radius 3 is 2.94 bits per heavy atom. The molecular formula is C11H15NO4. The number of aliphatic hydroxyl groups is 1. The molecule has 1 atom stereocenters. The number of rotatable bonds is 5. The van der Waals surface area contributed by atoms with Gasteiger partial charge < -0.3 is 20.3 Å². The minimum Gasteiger partial charge on any atom is -0.497 e. The van der Waals surface area contributed by atoms with Crippen molar-refractivity contribution in [3.05, 3.63) is 29.8 Å². The molecule has 1 rings (SSSR count). The largest absolute Gasteiger partial charge is 0.497 e. The molecule has 0 fully saturated rings. The van der Waals surface area contributed by atoms with Crippen LogP contribution in [0, 0.1) is 0 Å². The van der Waals surface area contributed by atoms with Crippen LogP contribution in [-0.4, -0.2) is 30.0 Å². The molecule has 1 aromatic rings. The van der Waals surface area contributed by atoms with Gasteiger partial charge in [-0.2, -0.15) is 0 Å². The summed E-state index contributed by atoms with van der Waals surface area (Å²) in [5.41, 5.74) is 0.714. The Kier molecular flexibility index (Phi) is 4.60. The second-order valence-corrected chi connectivity index (χ2v) is 3.31. The molecule has 88 valence electrons. The average molecular weight is 225 g/mol. The summed E-state index contributed by atoms with van der Waals surface area (Å²) in [6.07, 6.45) is -1.45. The zero-order chi connectivity index (χ0) is 12.0. The molecule has 0 saturated heterocycles. The monoisotopic (exact) mass is 225 g/mol. The van der Waals surface area contributed by atoms with Gasteiger partial charge in [-0.25, -0.2) is 4.79 Å². The molecule has 0 spiro atoms. The van der Waals surface area contributed by atoms with E-state index in [0.717, 1.165) is 0 Å². The van der Waals surface area contributed by atoms with Crippen LogP contribution in [0.2, 0.25) is 0 Å². The van der Waals surface area contributed by atoms with Crippen LogP contribution in [0.1, 0.15) is 18.1 Å². The van der Waals surface area contributed by atoms with Crippen LogP contribution < -0.4 is 10.1 Å². The van der Waals surface area contributed by atoms with E-state index in [2.05, 4.69) is 5.32 Å². The highest BCUT2D eigenvalue weighted by molar-refractivity contribution is 5.64. The minimum absolute atomic E-state index is 0.216. The quantitative estimate of drug-likeness (QED) is 0.707. The Labute approximate surface area is 93.7 Å². The first-order valence-electron chi connectivity index (χ1n) is 4.92. The van der Waals surface area contributed by atoms with Crippen molar-refractivity contribution in [3.8, 4) is 5.75 Å². The third-order valence-electron chi connectivity index (χ3n) is 2.17. The number of carboxylic acid groups (broad SMARTS) is 1. The van der Waals surface area contributed by atoms with Crippen molar-refractivity contribution in [2.24, 2.45) is 0 Å². The SMILES string of the molecule is COc1cccc(C(O)CCNC(=O)O)c1. The lowest BCUT2D eigenvalue weighted by atomic mass is 10.1. The summed E-state index contributed by atoms with van der Waals surface area (Å²) in [5.74, 6) is 0.669. The molecule has 1 amide bonds. The number of carbonyl (C=O) groups is 1. The summed E-state index contributed by atoms with van der Waals surface area (Å²) >= 11 is 0.